The Kier molecular flexibility index (Phi) is 5.57. The van der Waals surface area contributed by atoms with Crippen LogP contribution in [0.15, 0.2) is 30.3 Å². The van der Waals surface area contributed by atoms with E-state index < -0.39 is 0 Å². The third-order valence-corrected chi connectivity index (χ3v) is 3.98. The molecule has 114 valence electrons. The molecule has 0 aliphatic rings. The molecule has 1 N–H and O–H groups in total. The van der Waals surface area contributed by atoms with Crippen molar-refractivity contribution in [3.63, 3.8) is 0 Å². The Balaban J connectivity index is 2.08. The molecule has 0 saturated carbocycles. The molecule has 1 aromatic heterocycles. The Morgan fingerprint density at radius 3 is 2.43 bits per heavy atom. The van der Waals surface area contributed by atoms with Crippen LogP contribution in [-0.4, -0.2) is 21.5 Å². The van der Waals surface area contributed by atoms with Gasteiger partial charge < -0.3 is 5.11 Å². The van der Waals surface area contributed by atoms with E-state index in [9.17, 15) is 5.11 Å². The van der Waals surface area contributed by atoms with Crippen LogP contribution in [0.1, 0.15) is 36.4 Å². The van der Waals surface area contributed by atoms with Crippen LogP contribution in [0.4, 0.5) is 0 Å². The van der Waals surface area contributed by atoms with Crippen molar-refractivity contribution < 1.29 is 5.11 Å². The van der Waals surface area contributed by atoms with Crippen molar-refractivity contribution >= 4 is 0 Å². The van der Waals surface area contributed by atoms with E-state index in [1.807, 2.05) is 0 Å². The highest BCUT2D eigenvalue weighted by Crippen LogP contribution is 2.16. The van der Waals surface area contributed by atoms with Gasteiger partial charge in [0.2, 0.25) is 0 Å². The van der Waals surface area contributed by atoms with E-state index in [-0.39, 0.29) is 12.5 Å². The highest BCUT2D eigenvalue weighted by Gasteiger charge is 2.14. The zero-order valence-corrected chi connectivity index (χ0v) is 13.3. The lowest BCUT2D eigenvalue weighted by Gasteiger charge is -2.15. The van der Waals surface area contributed by atoms with Crippen LogP contribution in [0, 0.1) is 12.8 Å². The fourth-order valence-electron chi connectivity index (χ4n) is 2.68. The van der Waals surface area contributed by atoms with Gasteiger partial charge in [-0.2, -0.15) is 5.10 Å². The van der Waals surface area contributed by atoms with Crippen LogP contribution in [0.2, 0.25) is 0 Å². The van der Waals surface area contributed by atoms with Gasteiger partial charge in [0.05, 0.1) is 5.69 Å². The number of benzene rings is 1. The average molecular weight is 286 g/mol. The molecule has 3 heteroatoms. The monoisotopic (exact) mass is 286 g/mol. The van der Waals surface area contributed by atoms with Crippen molar-refractivity contribution in [1.29, 1.82) is 0 Å². The predicted octanol–water partition coefficient (Wildman–Crippen LogP) is 3.17. The van der Waals surface area contributed by atoms with Crippen molar-refractivity contribution in [3.05, 3.63) is 52.8 Å². The summed E-state index contributed by atoms with van der Waals surface area (Å²) in [6.45, 7) is 7.44. The van der Waals surface area contributed by atoms with Gasteiger partial charge in [-0.05, 0) is 50.7 Å². The SMILES string of the molecule is CCc1cc(CC(CO)Cc2ccc(C)cc2)n(CC)n1. The molecular weight excluding hydrogens is 260 g/mol. The Morgan fingerprint density at radius 1 is 1.14 bits per heavy atom. The van der Waals surface area contributed by atoms with Crippen molar-refractivity contribution in [2.75, 3.05) is 6.61 Å². The first-order valence-corrected chi connectivity index (χ1v) is 7.88. The predicted molar refractivity (Wildman–Crippen MR) is 86.4 cm³/mol. The Bertz CT molecular complexity index is 557. The third-order valence-electron chi connectivity index (χ3n) is 3.98. The van der Waals surface area contributed by atoms with E-state index in [0.29, 0.717) is 0 Å². The molecule has 0 aliphatic carbocycles. The number of aliphatic hydroxyl groups excluding tert-OH is 1. The summed E-state index contributed by atoms with van der Waals surface area (Å²) in [5, 5.41) is 14.3. The quantitative estimate of drug-likeness (QED) is 0.849. The molecule has 0 amide bonds. The number of aliphatic hydroxyl groups is 1. The average Bonchev–Trinajstić information content (AvgIpc) is 2.91. The highest BCUT2D eigenvalue weighted by molar-refractivity contribution is 5.22. The fraction of sp³-hybridized carbons (Fsp3) is 0.500. The lowest BCUT2D eigenvalue weighted by atomic mass is 9.95. The number of hydrogen-bond donors (Lipinski definition) is 1. The summed E-state index contributed by atoms with van der Waals surface area (Å²) < 4.78 is 2.07. The van der Waals surface area contributed by atoms with Gasteiger partial charge in [0, 0.05) is 18.8 Å². The standard InChI is InChI=1S/C18H26N2O/c1-4-17-12-18(20(5-2)19-17)11-16(13-21)10-15-8-6-14(3)7-9-15/h6-9,12,16,21H,4-5,10-11,13H2,1-3H3. The molecule has 0 spiro atoms. The minimum absolute atomic E-state index is 0.213. The molecule has 21 heavy (non-hydrogen) atoms. The van der Waals surface area contributed by atoms with E-state index in [4.69, 9.17) is 0 Å². The lowest BCUT2D eigenvalue weighted by molar-refractivity contribution is 0.223. The van der Waals surface area contributed by atoms with Gasteiger partial charge in [-0.25, -0.2) is 0 Å². The minimum atomic E-state index is 0.213. The van der Waals surface area contributed by atoms with Gasteiger partial charge in [-0.1, -0.05) is 36.8 Å². The smallest absolute Gasteiger partial charge is 0.0624 e. The van der Waals surface area contributed by atoms with Gasteiger partial charge >= 0.3 is 0 Å². The molecule has 2 aromatic rings. The maximum atomic E-state index is 9.70. The number of aryl methyl sites for hydroxylation is 3. The van der Waals surface area contributed by atoms with E-state index in [0.717, 1.165) is 31.5 Å². The van der Waals surface area contributed by atoms with Gasteiger partial charge in [0.15, 0.2) is 0 Å². The Hall–Kier alpha value is -1.61. The number of nitrogens with zero attached hydrogens (tertiary/aromatic N) is 2. The number of hydrogen-bond acceptors (Lipinski definition) is 2. The second-order valence-electron chi connectivity index (χ2n) is 5.74. The first kappa shape index (κ1) is 15.8. The molecule has 2 rings (SSSR count). The third kappa shape index (κ3) is 4.18. The van der Waals surface area contributed by atoms with Gasteiger partial charge in [0.1, 0.15) is 0 Å². The second-order valence-corrected chi connectivity index (χ2v) is 5.74. The van der Waals surface area contributed by atoms with Crippen LogP contribution >= 0.6 is 0 Å². The summed E-state index contributed by atoms with van der Waals surface area (Å²) >= 11 is 0. The summed E-state index contributed by atoms with van der Waals surface area (Å²) in [6, 6.07) is 10.8. The fourth-order valence-corrected chi connectivity index (χ4v) is 2.68. The van der Waals surface area contributed by atoms with E-state index >= 15 is 0 Å². The largest absolute Gasteiger partial charge is 0.396 e. The molecule has 0 fully saturated rings. The van der Waals surface area contributed by atoms with Crippen molar-refractivity contribution in [1.82, 2.24) is 9.78 Å². The van der Waals surface area contributed by atoms with Gasteiger partial charge in [-0.15, -0.1) is 0 Å². The maximum Gasteiger partial charge on any atom is 0.0624 e. The van der Waals surface area contributed by atoms with Crippen LogP contribution in [0.3, 0.4) is 0 Å². The summed E-state index contributed by atoms with van der Waals surface area (Å²) in [5.41, 5.74) is 4.94. The summed E-state index contributed by atoms with van der Waals surface area (Å²) in [5.74, 6) is 0.249. The van der Waals surface area contributed by atoms with E-state index in [2.05, 4.69) is 60.9 Å². The van der Waals surface area contributed by atoms with Crippen molar-refractivity contribution in [2.45, 2.75) is 46.6 Å². The zero-order chi connectivity index (χ0) is 15.2. The molecule has 0 saturated heterocycles. The van der Waals surface area contributed by atoms with Crippen LogP contribution in [0.25, 0.3) is 0 Å². The zero-order valence-electron chi connectivity index (χ0n) is 13.3. The Labute approximate surface area is 127 Å². The molecule has 1 aromatic carbocycles. The van der Waals surface area contributed by atoms with Gasteiger partial charge in [0.25, 0.3) is 0 Å². The van der Waals surface area contributed by atoms with Crippen molar-refractivity contribution in [3.8, 4) is 0 Å². The Morgan fingerprint density at radius 2 is 1.86 bits per heavy atom. The number of aromatic nitrogens is 2. The molecule has 0 radical (unpaired) electrons. The lowest BCUT2D eigenvalue weighted by Crippen LogP contribution is -2.15. The minimum Gasteiger partial charge on any atom is -0.396 e. The summed E-state index contributed by atoms with van der Waals surface area (Å²) in [7, 11) is 0. The normalized spacial score (nSPS) is 12.6. The molecule has 1 atom stereocenters. The van der Waals surface area contributed by atoms with Crippen molar-refractivity contribution in [2.24, 2.45) is 5.92 Å². The van der Waals surface area contributed by atoms with E-state index in [1.54, 1.807) is 0 Å². The molecule has 0 bridgehead atoms. The first-order valence-electron chi connectivity index (χ1n) is 7.88. The van der Waals surface area contributed by atoms with Crippen LogP contribution in [0.5, 0.6) is 0 Å². The summed E-state index contributed by atoms with van der Waals surface area (Å²) in [4.78, 5) is 0. The molecule has 1 heterocycles. The second kappa shape index (κ2) is 7.41. The molecule has 1 unspecified atom stereocenters. The maximum absolute atomic E-state index is 9.70. The first-order chi connectivity index (χ1) is 10.2. The highest BCUT2D eigenvalue weighted by atomic mass is 16.3. The molecule has 0 aliphatic heterocycles. The summed E-state index contributed by atoms with van der Waals surface area (Å²) in [6.07, 6.45) is 2.75. The van der Waals surface area contributed by atoms with Crippen LogP contribution in [-0.2, 0) is 25.8 Å². The topological polar surface area (TPSA) is 38.0 Å². The molecular formula is C18H26N2O. The van der Waals surface area contributed by atoms with E-state index in [1.165, 1.54) is 16.8 Å². The number of rotatable bonds is 7. The van der Waals surface area contributed by atoms with Crippen LogP contribution < -0.4 is 0 Å². The van der Waals surface area contributed by atoms with Gasteiger partial charge in [-0.3, -0.25) is 4.68 Å². The molecule has 3 nitrogen and oxygen atoms in total.